The molecule has 3 rings (SSSR count). The van der Waals surface area contributed by atoms with E-state index in [-0.39, 0.29) is 5.41 Å². The summed E-state index contributed by atoms with van der Waals surface area (Å²) in [4.78, 5) is 7.13. The van der Waals surface area contributed by atoms with E-state index in [4.69, 9.17) is 0 Å². The van der Waals surface area contributed by atoms with Gasteiger partial charge in [-0.2, -0.15) is 0 Å². The molecule has 0 spiro atoms. The summed E-state index contributed by atoms with van der Waals surface area (Å²) in [6.07, 6.45) is 4.74. The molecule has 3 heterocycles. The maximum Gasteiger partial charge on any atom is 0.128 e. The van der Waals surface area contributed by atoms with Crippen LogP contribution in [0, 0.1) is 5.92 Å². The second-order valence-electron chi connectivity index (χ2n) is 7.02. The van der Waals surface area contributed by atoms with Crippen molar-refractivity contribution in [2.45, 2.75) is 45.1 Å². The third-order valence-corrected chi connectivity index (χ3v) is 4.54. The van der Waals surface area contributed by atoms with Gasteiger partial charge >= 0.3 is 0 Å². The maximum atomic E-state index is 4.68. The fourth-order valence-electron chi connectivity index (χ4n) is 3.25. The lowest BCUT2D eigenvalue weighted by atomic mass is 9.88. The largest absolute Gasteiger partial charge is 0.355 e. The van der Waals surface area contributed by atoms with Crippen molar-refractivity contribution in [3.05, 3.63) is 23.9 Å². The van der Waals surface area contributed by atoms with E-state index in [1.54, 1.807) is 0 Å². The number of fused-ring (bicyclic) bond motifs is 1. The number of nitrogens with one attached hydrogen (secondary N) is 1. The summed E-state index contributed by atoms with van der Waals surface area (Å²) in [7, 11) is 0. The van der Waals surface area contributed by atoms with E-state index >= 15 is 0 Å². The molecule has 0 bridgehead atoms. The lowest BCUT2D eigenvalue weighted by molar-refractivity contribution is 0.340. The van der Waals surface area contributed by atoms with Gasteiger partial charge in [0.1, 0.15) is 5.82 Å². The minimum atomic E-state index is 0.187. The van der Waals surface area contributed by atoms with Crippen LogP contribution in [0.25, 0.3) is 0 Å². The van der Waals surface area contributed by atoms with E-state index in [0.29, 0.717) is 6.04 Å². The number of nitrogens with zero attached hydrogens (tertiary/aromatic N) is 2. The van der Waals surface area contributed by atoms with Gasteiger partial charge in [0.15, 0.2) is 0 Å². The summed E-state index contributed by atoms with van der Waals surface area (Å²) >= 11 is 0. The first-order chi connectivity index (χ1) is 9.04. The predicted molar refractivity (Wildman–Crippen MR) is 79.7 cm³/mol. The number of anilines is 1. The molecule has 1 aromatic heterocycles. The highest BCUT2D eigenvalue weighted by atomic mass is 15.2. The van der Waals surface area contributed by atoms with Crippen LogP contribution in [0.1, 0.15) is 39.2 Å². The fourth-order valence-corrected chi connectivity index (χ4v) is 3.25. The summed E-state index contributed by atoms with van der Waals surface area (Å²) in [5, 5.41) is 3.65. The normalized spacial score (nSPS) is 27.4. The van der Waals surface area contributed by atoms with E-state index in [2.05, 4.69) is 48.1 Å². The zero-order valence-corrected chi connectivity index (χ0v) is 12.3. The van der Waals surface area contributed by atoms with Crippen molar-refractivity contribution in [1.82, 2.24) is 10.3 Å². The van der Waals surface area contributed by atoms with E-state index in [1.165, 1.54) is 31.5 Å². The summed E-state index contributed by atoms with van der Waals surface area (Å²) in [6, 6.07) is 5.10. The van der Waals surface area contributed by atoms with E-state index < -0.39 is 0 Å². The molecule has 0 aliphatic carbocycles. The van der Waals surface area contributed by atoms with E-state index in [0.717, 1.165) is 18.3 Å². The summed E-state index contributed by atoms with van der Waals surface area (Å²) in [5.41, 5.74) is 1.50. The molecule has 2 aliphatic rings. The first-order valence-corrected chi connectivity index (χ1v) is 7.49. The molecule has 0 amide bonds. The van der Waals surface area contributed by atoms with Crippen molar-refractivity contribution in [2.75, 3.05) is 24.5 Å². The van der Waals surface area contributed by atoms with Crippen LogP contribution in [-0.2, 0) is 5.41 Å². The van der Waals surface area contributed by atoms with Gasteiger partial charge < -0.3 is 10.2 Å². The van der Waals surface area contributed by atoms with Crippen molar-refractivity contribution in [2.24, 2.45) is 5.92 Å². The highest BCUT2D eigenvalue weighted by Gasteiger charge is 2.34. The number of piperidine rings is 1. The van der Waals surface area contributed by atoms with Crippen molar-refractivity contribution < 1.29 is 0 Å². The summed E-state index contributed by atoms with van der Waals surface area (Å²) in [5.74, 6) is 1.96. The van der Waals surface area contributed by atoms with E-state index in [1.807, 2.05) is 6.20 Å². The van der Waals surface area contributed by atoms with Crippen LogP contribution in [0.15, 0.2) is 18.3 Å². The van der Waals surface area contributed by atoms with Crippen molar-refractivity contribution in [3.8, 4) is 0 Å². The Balaban J connectivity index is 1.73. The van der Waals surface area contributed by atoms with Crippen LogP contribution in [-0.4, -0.2) is 30.7 Å². The van der Waals surface area contributed by atoms with Gasteiger partial charge in [-0.25, -0.2) is 4.98 Å². The molecule has 3 heteroatoms. The van der Waals surface area contributed by atoms with Gasteiger partial charge in [0.05, 0.1) is 0 Å². The second-order valence-corrected chi connectivity index (χ2v) is 7.02. The van der Waals surface area contributed by atoms with Crippen LogP contribution >= 0.6 is 0 Å². The smallest absolute Gasteiger partial charge is 0.128 e. The van der Waals surface area contributed by atoms with Gasteiger partial charge in [0, 0.05) is 25.3 Å². The van der Waals surface area contributed by atoms with Crippen LogP contribution in [0.3, 0.4) is 0 Å². The molecule has 2 fully saturated rings. The minimum absolute atomic E-state index is 0.187. The van der Waals surface area contributed by atoms with Gasteiger partial charge in [-0.05, 0) is 42.3 Å². The number of hydrogen-bond acceptors (Lipinski definition) is 3. The molecule has 2 atom stereocenters. The number of aromatic nitrogens is 1. The molecule has 0 radical (unpaired) electrons. The first kappa shape index (κ1) is 12.9. The van der Waals surface area contributed by atoms with Gasteiger partial charge in [0.25, 0.3) is 0 Å². The highest BCUT2D eigenvalue weighted by molar-refractivity contribution is 5.42. The zero-order valence-electron chi connectivity index (χ0n) is 12.3. The topological polar surface area (TPSA) is 28.2 Å². The second kappa shape index (κ2) is 4.78. The summed E-state index contributed by atoms with van der Waals surface area (Å²) in [6.45, 7) is 10.2. The molecule has 1 N–H and O–H groups in total. The molecular formula is C16H25N3. The number of hydrogen-bond donors (Lipinski definition) is 1. The predicted octanol–water partition coefficient (Wildman–Crippen LogP) is 2.57. The third kappa shape index (κ3) is 2.62. The third-order valence-electron chi connectivity index (χ3n) is 4.54. The lowest BCUT2D eigenvalue weighted by Crippen LogP contribution is -2.40. The Morgan fingerprint density at radius 1 is 1.26 bits per heavy atom. The average Bonchev–Trinajstić information content (AvgIpc) is 2.81. The molecule has 0 aromatic carbocycles. The SMILES string of the molecule is CC(C)(C)c1ccc(N2CC3CCCNC3C2)nc1. The Morgan fingerprint density at radius 2 is 2.11 bits per heavy atom. The molecule has 0 saturated carbocycles. The van der Waals surface area contributed by atoms with Crippen LogP contribution in [0.2, 0.25) is 0 Å². The molecule has 3 nitrogen and oxygen atoms in total. The first-order valence-electron chi connectivity index (χ1n) is 7.49. The Kier molecular flexibility index (Phi) is 3.25. The zero-order chi connectivity index (χ0) is 13.5. The Hall–Kier alpha value is -1.09. The van der Waals surface area contributed by atoms with Crippen molar-refractivity contribution in [1.29, 1.82) is 0 Å². The Morgan fingerprint density at radius 3 is 2.74 bits per heavy atom. The Bertz CT molecular complexity index is 418. The Labute approximate surface area is 116 Å². The van der Waals surface area contributed by atoms with Gasteiger partial charge in [-0.3, -0.25) is 0 Å². The van der Waals surface area contributed by atoms with Gasteiger partial charge in [-0.1, -0.05) is 26.8 Å². The lowest BCUT2D eigenvalue weighted by Gasteiger charge is -2.24. The minimum Gasteiger partial charge on any atom is -0.355 e. The molecule has 2 unspecified atom stereocenters. The van der Waals surface area contributed by atoms with Crippen molar-refractivity contribution >= 4 is 5.82 Å². The number of rotatable bonds is 1. The molecule has 19 heavy (non-hydrogen) atoms. The summed E-state index contributed by atoms with van der Waals surface area (Å²) < 4.78 is 0. The van der Waals surface area contributed by atoms with Gasteiger partial charge in [0.2, 0.25) is 0 Å². The standard InChI is InChI=1S/C16H25N3/c1-16(2,3)13-6-7-15(18-9-13)19-10-12-5-4-8-17-14(12)11-19/h6-7,9,12,14,17H,4-5,8,10-11H2,1-3H3. The quantitative estimate of drug-likeness (QED) is 0.840. The highest BCUT2D eigenvalue weighted by Crippen LogP contribution is 2.29. The maximum absolute atomic E-state index is 4.68. The van der Waals surface area contributed by atoms with Crippen LogP contribution < -0.4 is 10.2 Å². The molecular weight excluding hydrogens is 234 g/mol. The monoisotopic (exact) mass is 259 g/mol. The van der Waals surface area contributed by atoms with Crippen LogP contribution in [0.4, 0.5) is 5.82 Å². The van der Waals surface area contributed by atoms with Crippen molar-refractivity contribution in [3.63, 3.8) is 0 Å². The van der Waals surface area contributed by atoms with E-state index in [9.17, 15) is 0 Å². The molecule has 2 aliphatic heterocycles. The number of pyridine rings is 1. The fraction of sp³-hybridized carbons (Fsp3) is 0.688. The molecule has 1 aromatic rings. The molecule has 104 valence electrons. The van der Waals surface area contributed by atoms with Gasteiger partial charge in [-0.15, -0.1) is 0 Å². The van der Waals surface area contributed by atoms with Crippen LogP contribution in [0.5, 0.6) is 0 Å². The average molecular weight is 259 g/mol. The molecule has 2 saturated heterocycles.